The maximum Gasteiger partial charge on any atom is 0.225 e. The van der Waals surface area contributed by atoms with E-state index in [-0.39, 0.29) is 24.3 Å². The molecule has 0 fully saturated rings. The standard InChI is InChI=1S/C17H13F3N4O/c18-12-7-10(8-13(19)17(12)20)1-2-16(25)22-15-9-14(23-24-15)11-3-5-21-6-4-11/h3-9H,1-2H2,(H2,22,23,24,25). The van der Waals surface area contributed by atoms with Gasteiger partial charge >= 0.3 is 0 Å². The Labute approximate surface area is 140 Å². The second-order valence-electron chi connectivity index (χ2n) is 5.32. The summed E-state index contributed by atoms with van der Waals surface area (Å²) in [4.78, 5) is 15.9. The lowest BCUT2D eigenvalue weighted by atomic mass is 10.1. The monoisotopic (exact) mass is 346 g/mol. The van der Waals surface area contributed by atoms with Crippen LogP contribution in [0.15, 0.2) is 42.7 Å². The quantitative estimate of drug-likeness (QED) is 0.695. The van der Waals surface area contributed by atoms with Crippen molar-refractivity contribution >= 4 is 11.7 Å². The summed E-state index contributed by atoms with van der Waals surface area (Å²) in [5.41, 5.74) is 1.68. The van der Waals surface area contributed by atoms with E-state index in [1.807, 2.05) is 0 Å². The minimum atomic E-state index is -1.52. The van der Waals surface area contributed by atoms with E-state index in [4.69, 9.17) is 0 Å². The molecule has 1 amide bonds. The molecule has 0 aliphatic rings. The highest BCUT2D eigenvalue weighted by Crippen LogP contribution is 2.19. The second kappa shape index (κ2) is 7.16. The Morgan fingerprint density at radius 3 is 2.44 bits per heavy atom. The van der Waals surface area contributed by atoms with Gasteiger partial charge in [0, 0.05) is 30.4 Å². The Kier molecular flexibility index (Phi) is 4.78. The number of nitrogens with one attached hydrogen (secondary N) is 2. The Morgan fingerprint density at radius 1 is 1.08 bits per heavy atom. The van der Waals surface area contributed by atoms with Gasteiger partial charge in [0.2, 0.25) is 5.91 Å². The fraction of sp³-hybridized carbons (Fsp3) is 0.118. The fourth-order valence-corrected chi connectivity index (χ4v) is 2.28. The smallest absolute Gasteiger partial charge is 0.225 e. The maximum atomic E-state index is 13.1. The molecule has 128 valence electrons. The number of carbonyl (C=O) groups is 1. The van der Waals surface area contributed by atoms with Crippen molar-refractivity contribution in [3.05, 3.63) is 65.7 Å². The van der Waals surface area contributed by atoms with Crippen LogP contribution in [0.4, 0.5) is 19.0 Å². The van der Waals surface area contributed by atoms with Gasteiger partial charge < -0.3 is 5.32 Å². The molecule has 0 unspecified atom stereocenters. The summed E-state index contributed by atoms with van der Waals surface area (Å²) in [6.07, 6.45) is 3.31. The van der Waals surface area contributed by atoms with E-state index in [0.717, 1.165) is 17.7 Å². The van der Waals surface area contributed by atoms with Crippen LogP contribution in [0.25, 0.3) is 11.3 Å². The summed E-state index contributed by atoms with van der Waals surface area (Å²) in [7, 11) is 0. The van der Waals surface area contributed by atoms with Crippen molar-refractivity contribution < 1.29 is 18.0 Å². The first-order valence-corrected chi connectivity index (χ1v) is 7.42. The van der Waals surface area contributed by atoms with Crippen molar-refractivity contribution in [2.24, 2.45) is 0 Å². The summed E-state index contributed by atoms with van der Waals surface area (Å²) < 4.78 is 39.2. The number of halogens is 3. The van der Waals surface area contributed by atoms with Crippen LogP contribution in [0.1, 0.15) is 12.0 Å². The van der Waals surface area contributed by atoms with E-state index in [0.29, 0.717) is 11.5 Å². The SMILES string of the molecule is O=C(CCc1cc(F)c(F)c(F)c1)Nc1cc(-c2ccncc2)n[nH]1. The lowest BCUT2D eigenvalue weighted by Crippen LogP contribution is -2.12. The number of hydrogen-bond donors (Lipinski definition) is 2. The number of aryl methyl sites for hydroxylation is 1. The molecule has 0 bridgehead atoms. The molecule has 0 saturated carbocycles. The highest BCUT2D eigenvalue weighted by atomic mass is 19.2. The van der Waals surface area contributed by atoms with Gasteiger partial charge in [0.1, 0.15) is 5.82 Å². The number of aromatic amines is 1. The Morgan fingerprint density at radius 2 is 1.76 bits per heavy atom. The molecule has 0 radical (unpaired) electrons. The molecule has 1 aromatic carbocycles. The van der Waals surface area contributed by atoms with E-state index in [9.17, 15) is 18.0 Å². The summed E-state index contributed by atoms with van der Waals surface area (Å²) >= 11 is 0. The van der Waals surface area contributed by atoms with Crippen LogP contribution in [0.2, 0.25) is 0 Å². The number of nitrogens with zero attached hydrogens (tertiary/aromatic N) is 2. The van der Waals surface area contributed by atoms with Gasteiger partial charge in [-0.2, -0.15) is 5.10 Å². The van der Waals surface area contributed by atoms with Crippen LogP contribution >= 0.6 is 0 Å². The first kappa shape index (κ1) is 16.7. The van der Waals surface area contributed by atoms with Crippen molar-refractivity contribution in [1.29, 1.82) is 0 Å². The van der Waals surface area contributed by atoms with Gasteiger partial charge in [-0.05, 0) is 36.2 Å². The van der Waals surface area contributed by atoms with Gasteiger partial charge in [0.15, 0.2) is 17.5 Å². The third kappa shape index (κ3) is 4.03. The number of rotatable bonds is 5. The summed E-state index contributed by atoms with van der Waals surface area (Å²) in [6.45, 7) is 0. The molecule has 0 aliphatic carbocycles. The zero-order chi connectivity index (χ0) is 17.8. The Hall–Kier alpha value is -3.16. The largest absolute Gasteiger partial charge is 0.311 e. The van der Waals surface area contributed by atoms with Crippen molar-refractivity contribution in [2.75, 3.05) is 5.32 Å². The van der Waals surface area contributed by atoms with Crippen LogP contribution in [-0.4, -0.2) is 21.1 Å². The molecule has 5 nitrogen and oxygen atoms in total. The number of benzene rings is 1. The number of hydrogen-bond acceptors (Lipinski definition) is 3. The molecule has 2 N–H and O–H groups in total. The van der Waals surface area contributed by atoms with Gasteiger partial charge in [0.05, 0.1) is 5.69 Å². The van der Waals surface area contributed by atoms with Gasteiger partial charge in [-0.15, -0.1) is 0 Å². The molecular weight excluding hydrogens is 333 g/mol. The first-order chi connectivity index (χ1) is 12.0. The molecule has 0 spiro atoms. The van der Waals surface area contributed by atoms with Crippen LogP contribution in [0, 0.1) is 17.5 Å². The molecule has 0 aliphatic heterocycles. The van der Waals surface area contributed by atoms with E-state index < -0.39 is 17.5 Å². The number of amides is 1. The highest BCUT2D eigenvalue weighted by Gasteiger charge is 2.12. The fourth-order valence-electron chi connectivity index (χ4n) is 2.28. The van der Waals surface area contributed by atoms with Crippen molar-refractivity contribution in [3.63, 3.8) is 0 Å². The van der Waals surface area contributed by atoms with Gasteiger partial charge in [-0.1, -0.05) is 0 Å². The zero-order valence-electron chi connectivity index (χ0n) is 12.9. The van der Waals surface area contributed by atoms with Gasteiger partial charge in [-0.3, -0.25) is 14.9 Å². The average Bonchev–Trinajstić information content (AvgIpc) is 3.07. The molecule has 3 rings (SSSR count). The third-order valence-corrected chi connectivity index (χ3v) is 3.51. The van der Waals surface area contributed by atoms with Crippen molar-refractivity contribution in [3.8, 4) is 11.3 Å². The normalized spacial score (nSPS) is 10.7. The summed E-state index contributed by atoms with van der Waals surface area (Å²) in [5, 5.41) is 9.38. The van der Waals surface area contributed by atoms with E-state index in [2.05, 4.69) is 20.5 Å². The number of pyridine rings is 1. The number of aromatic nitrogens is 3. The zero-order valence-corrected chi connectivity index (χ0v) is 12.9. The predicted octanol–water partition coefficient (Wildman–Crippen LogP) is 3.46. The van der Waals surface area contributed by atoms with E-state index in [1.165, 1.54) is 0 Å². The molecule has 8 heteroatoms. The Bertz CT molecular complexity index is 873. The van der Waals surface area contributed by atoms with Gasteiger partial charge in [-0.25, -0.2) is 13.2 Å². The minimum Gasteiger partial charge on any atom is -0.311 e. The highest BCUT2D eigenvalue weighted by molar-refractivity contribution is 5.90. The predicted molar refractivity (Wildman–Crippen MR) is 85.1 cm³/mol. The molecule has 3 aromatic rings. The van der Waals surface area contributed by atoms with Crippen LogP contribution < -0.4 is 5.32 Å². The topological polar surface area (TPSA) is 70.7 Å². The van der Waals surface area contributed by atoms with Crippen LogP contribution in [-0.2, 0) is 11.2 Å². The lowest BCUT2D eigenvalue weighted by molar-refractivity contribution is -0.116. The Balaban J connectivity index is 1.59. The van der Waals surface area contributed by atoms with Crippen LogP contribution in [0.5, 0.6) is 0 Å². The molecule has 2 aromatic heterocycles. The molecular formula is C17H13F3N4O. The average molecular weight is 346 g/mol. The number of anilines is 1. The second-order valence-corrected chi connectivity index (χ2v) is 5.32. The molecule has 2 heterocycles. The van der Waals surface area contributed by atoms with Crippen LogP contribution in [0.3, 0.4) is 0 Å². The van der Waals surface area contributed by atoms with Crippen molar-refractivity contribution in [2.45, 2.75) is 12.8 Å². The van der Waals surface area contributed by atoms with E-state index in [1.54, 1.807) is 30.6 Å². The number of carbonyl (C=O) groups excluding carboxylic acids is 1. The number of H-pyrrole nitrogens is 1. The van der Waals surface area contributed by atoms with Gasteiger partial charge in [0.25, 0.3) is 0 Å². The first-order valence-electron chi connectivity index (χ1n) is 7.42. The van der Waals surface area contributed by atoms with E-state index >= 15 is 0 Å². The molecule has 0 atom stereocenters. The maximum absolute atomic E-state index is 13.1. The third-order valence-electron chi connectivity index (χ3n) is 3.51. The summed E-state index contributed by atoms with van der Waals surface area (Å²) in [6, 6.07) is 6.97. The summed E-state index contributed by atoms with van der Waals surface area (Å²) in [5.74, 6) is -4.03. The molecule has 0 saturated heterocycles. The lowest BCUT2D eigenvalue weighted by Gasteiger charge is -2.04. The van der Waals surface area contributed by atoms with Crippen molar-refractivity contribution in [1.82, 2.24) is 15.2 Å². The molecule has 25 heavy (non-hydrogen) atoms. The minimum absolute atomic E-state index is 0.0197.